The smallest absolute Gasteiger partial charge is 0.233 e. The van der Waals surface area contributed by atoms with E-state index in [0.29, 0.717) is 13.2 Å². The maximum Gasteiger partial charge on any atom is 0.233 e. The predicted molar refractivity (Wildman–Crippen MR) is 110 cm³/mol. The molecule has 1 atom stereocenters. The lowest BCUT2D eigenvalue weighted by atomic mass is 9.87. The first kappa shape index (κ1) is 20.4. The summed E-state index contributed by atoms with van der Waals surface area (Å²) in [4.78, 5) is 13.3. The Bertz CT molecular complexity index is 702. The van der Waals surface area contributed by atoms with Gasteiger partial charge in [-0.3, -0.25) is 4.79 Å². The summed E-state index contributed by atoms with van der Waals surface area (Å²) in [6, 6.07) is 16.4. The second kappa shape index (κ2) is 9.13. The maximum atomic E-state index is 12.2. The fourth-order valence-electron chi connectivity index (χ4n) is 2.41. The molecule has 0 unspecified atom stereocenters. The zero-order valence-corrected chi connectivity index (χ0v) is 17.2. The lowest BCUT2D eigenvalue weighted by Gasteiger charge is -2.19. The van der Waals surface area contributed by atoms with Crippen LogP contribution >= 0.6 is 11.8 Å². The first-order valence-corrected chi connectivity index (χ1v) is 9.88. The van der Waals surface area contributed by atoms with Crippen molar-refractivity contribution in [3.63, 3.8) is 0 Å². The molecule has 4 heteroatoms. The Kier molecular flexibility index (Phi) is 7.15. The number of carbonyl (C=O) groups is 1. The molecule has 0 aliphatic carbocycles. The van der Waals surface area contributed by atoms with Crippen LogP contribution in [-0.4, -0.2) is 24.3 Å². The van der Waals surface area contributed by atoms with E-state index in [4.69, 9.17) is 4.74 Å². The van der Waals surface area contributed by atoms with Crippen molar-refractivity contribution in [2.75, 3.05) is 13.2 Å². The summed E-state index contributed by atoms with van der Waals surface area (Å²) in [7, 11) is 0. The third kappa shape index (κ3) is 6.41. The van der Waals surface area contributed by atoms with Crippen LogP contribution in [-0.2, 0) is 10.2 Å². The summed E-state index contributed by atoms with van der Waals surface area (Å²) in [6.45, 7) is 11.5. The molecule has 2 aromatic carbocycles. The van der Waals surface area contributed by atoms with Gasteiger partial charge in [-0.15, -0.1) is 11.8 Å². The SMILES string of the molecule is Cc1ccc(S[C@H](C)C(=O)NCCOc2ccc(C(C)(C)C)cc2)cc1. The Balaban J connectivity index is 1.71. The van der Waals surface area contributed by atoms with Crippen molar-refractivity contribution < 1.29 is 9.53 Å². The van der Waals surface area contributed by atoms with E-state index in [1.165, 1.54) is 11.1 Å². The van der Waals surface area contributed by atoms with E-state index >= 15 is 0 Å². The third-order valence-corrected chi connectivity index (χ3v) is 5.21. The van der Waals surface area contributed by atoms with Crippen LogP contribution in [0.25, 0.3) is 0 Å². The molecule has 0 bridgehead atoms. The average Bonchev–Trinajstić information content (AvgIpc) is 2.60. The molecule has 1 amide bonds. The van der Waals surface area contributed by atoms with Crippen LogP contribution in [0.4, 0.5) is 0 Å². The van der Waals surface area contributed by atoms with Gasteiger partial charge in [0.15, 0.2) is 0 Å². The maximum absolute atomic E-state index is 12.2. The summed E-state index contributed by atoms with van der Waals surface area (Å²) in [6.07, 6.45) is 0. The van der Waals surface area contributed by atoms with Crippen molar-refractivity contribution >= 4 is 17.7 Å². The predicted octanol–water partition coefficient (Wildman–Crippen LogP) is 4.97. The molecule has 140 valence electrons. The Morgan fingerprint density at radius 2 is 1.69 bits per heavy atom. The van der Waals surface area contributed by atoms with Gasteiger partial charge in [0.1, 0.15) is 12.4 Å². The molecule has 0 saturated heterocycles. The van der Waals surface area contributed by atoms with Crippen molar-refractivity contribution in [1.82, 2.24) is 5.32 Å². The van der Waals surface area contributed by atoms with E-state index < -0.39 is 0 Å². The molecule has 3 nitrogen and oxygen atoms in total. The van der Waals surface area contributed by atoms with Crippen molar-refractivity contribution in [3.8, 4) is 5.75 Å². The van der Waals surface area contributed by atoms with E-state index in [2.05, 4.69) is 57.3 Å². The van der Waals surface area contributed by atoms with Gasteiger partial charge in [-0.25, -0.2) is 0 Å². The number of carbonyl (C=O) groups excluding carboxylic acids is 1. The Morgan fingerprint density at radius 1 is 1.08 bits per heavy atom. The highest BCUT2D eigenvalue weighted by atomic mass is 32.2. The molecule has 0 aliphatic rings. The van der Waals surface area contributed by atoms with Gasteiger partial charge in [-0.2, -0.15) is 0 Å². The quantitative estimate of drug-likeness (QED) is 0.552. The van der Waals surface area contributed by atoms with Crippen LogP contribution in [0.15, 0.2) is 53.4 Å². The Labute approximate surface area is 161 Å². The van der Waals surface area contributed by atoms with Crippen LogP contribution in [0.2, 0.25) is 0 Å². The number of aryl methyl sites for hydroxylation is 1. The minimum absolute atomic E-state index is 0.0299. The van der Waals surface area contributed by atoms with Gasteiger partial charge in [0, 0.05) is 4.90 Å². The largest absolute Gasteiger partial charge is 0.492 e. The molecule has 2 rings (SSSR count). The standard InChI is InChI=1S/C22H29NO2S/c1-16-6-12-20(13-7-16)26-17(2)21(24)23-14-15-25-19-10-8-18(9-11-19)22(3,4)5/h6-13,17H,14-15H2,1-5H3,(H,23,24)/t17-/m1/s1. The Hall–Kier alpha value is -1.94. The third-order valence-electron chi connectivity index (χ3n) is 4.09. The number of ether oxygens (including phenoxy) is 1. The van der Waals surface area contributed by atoms with Crippen LogP contribution in [0.3, 0.4) is 0 Å². The van der Waals surface area contributed by atoms with Gasteiger partial charge in [0.25, 0.3) is 0 Å². The summed E-state index contributed by atoms with van der Waals surface area (Å²) >= 11 is 1.57. The highest BCUT2D eigenvalue weighted by Crippen LogP contribution is 2.24. The average molecular weight is 372 g/mol. The molecular formula is C22H29NO2S. The fourth-order valence-corrected chi connectivity index (χ4v) is 3.30. The monoisotopic (exact) mass is 371 g/mol. The fraction of sp³-hybridized carbons (Fsp3) is 0.409. The number of benzene rings is 2. The lowest BCUT2D eigenvalue weighted by molar-refractivity contribution is -0.120. The zero-order valence-electron chi connectivity index (χ0n) is 16.3. The van der Waals surface area contributed by atoms with Crippen molar-refractivity contribution in [2.45, 2.75) is 50.2 Å². The van der Waals surface area contributed by atoms with Crippen molar-refractivity contribution in [2.24, 2.45) is 0 Å². The van der Waals surface area contributed by atoms with Crippen molar-refractivity contribution in [1.29, 1.82) is 0 Å². The second-order valence-electron chi connectivity index (χ2n) is 7.49. The van der Waals surface area contributed by atoms with E-state index in [0.717, 1.165) is 10.6 Å². The number of amides is 1. The minimum atomic E-state index is -0.135. The Morgan fingerprint density at radius 3 is 2.27 bits per heavy atom. The van der Waals surface area contributed by atoms with E-state index in [1.807, 2.05) is 31.2 Å². The summed E-state index contributed by atoms with van der Waals surface area (Å²) < 4.78 is 5.71. The van der Waals surface area contributed by atoms with E-state index in [-0.39, 0.29) is 16.6 Å². The van der Waals surface area contributed by atoms with Gasteiger partial charge < -0.3 is 10.1 Å². The zero-order chi connectivity index (χ0) is 19.2. The molecule has 0 fully saturated rings. The number of hydrogen-bond donors (Lipinski definition) is 1. The first-order valence-electron chi connectivity index (χ1n) is 9.00. The highest BCUT2D eigenvalue weighted by molar-refractivity contribution is 8.00. The number of rotatable bonds is 7. The van der Waals surface area contributed by atoms with Gasteiger partial charge in [-0.1, -0.05) is 50.6 Å². The molecule has 0 aliphatic heterocycles. The topological polar surface area (TPSA) is 38.3 Å². The summed E-state index contributed by atoms with van der Waals surface area (Å²) in [5.74, 6) is 0.858. The van der Waals surface area contributed by atoms with Gasteiger partial charge in [0.2, 0.25) is 5.91 Å². The highest BCUT2D eigenvalue weighted by Gasteiger charge is 2.14. The first-order chi connectivity index (χ1) is 12.3. The van der Waals surface area contributed by atoms with Crippen LogP contribution < -0.4 is 10.1 Å². The lowest BCUT2D eigenvalue weighted by Crippen LogP contribution is -2.33. The van der Waals surface area contributed by atoms with Crippen molar-refractivity contribution in [3.05, 3.63) is 59.7 Å². The number of hydrogen-bond acceptors (Lipinski definition) is 3. The molecular weight excluding hydrogens is 342 g/mol. The van der Waals surface area contributed by atoms with E-state index in [1.54, 1.807) is 11.8 Å². The molecule has 0 heterocycles. The molecule has 0 spiro atoms. The molecule has 2 aromatic rings. The van der Waals surface area contributed by atoms with Gasteiger partial charge in [-0.05, 0) is 49.1 Å². The molecule has 1 N–H and O–H groups in total. The van der Waals surface area contributed by atoms with Gasteiger partial charge >= 0.3 is 0 Å². The van der Waals surface area contributed by atoms with Crippen LogP contribution in [0.1, 0.15) is 38.8 Å². The van der Waals surface area contributed by atoms with Gasteiger partial charge in [0.05, 0.1) is 11.8 Å². The normalized spacial score (nSPS) is 12.5. The van der Waals surface area contributed by atoms with E-state index in [9.17, 15) is 4.79 Å². The number of thioether (sulfide) groups is 1. The molecule has 0 saturated carbocycles. The molecule has 26 heavy (non-hydrogen) atoms. The molecule has 0 aromatic heterocycles. The summed E-state index contributed by atoms with van der Waals surface area (Å²) in [5, 5.41) is 2.80. The van der Waals surface area contributed by atoms with Crippen LogP contribution in [0, 0.1) is 6.92 Å². The minimum Gasteiger partial charge on any atom is -0.492 e. The molecule has 0 radical (unpaired) electrons. The number of nitrogens with one attached hydrogen (secondary N) is 1. The second-order valence-corrected chi connectivity index (χ2v) is 8.90. The summed E-state index contributed by atoms with van der Waals surface area (Å²) in [5.41, 5.74) is 2.64. The van der Waals surface area contributed by atoms with Crippen LogP contribution in [0.5, 0.6) is 5.75 Å².